The Morgan fingerprint density at radius 3 is 2.81 bits per heavy atom. The molecule has 21 heavy (non-hydrogen) atoms. The van der Waals surface area contributed by atoms with Crippen LogP contribution >= 0.6 is 11.3 Å². The van der Waals surface area contributed by atoms with E-state index in [1.165, 1.54) is 0 Å². The first-order valence-electron chi connectivity index (χ1n) is 6.95. The molecule has 1 aromatic carbocycles. The van der Waals surface area contributed by atoms with Crippen LogP contribution in [0.2, 0.25) is 0 Å². The highest BCUT2D eigenvalue weighted by atomic mass is 32.1. The summed E-state index contributed by atoms with van der Waals surface area (Å²) in [6.07, 6.45) is 4.59. The minimum Gasteiger partial charge on any atom is -0.333 e. The monoisotopic (exact) mass is 298 g/mol. The average molecular weight is 298 g/mol. The Morgan fingerprint density at radius 2 is 2.10 bits per heavy atom. The highest BCUT2D eigenvalue weighted by Gasteiger charge is 2.13. The fraction of sp³-hybridized carbons (Fsp3) is 0.250. The second-order valence-electron chi connectivity index (χ2n) is 5.01. The highest BCUT2D eigenvalue weighted by Crippen LogP contribution is 2.19. The van der Waals surface area contributed by atoms with E-state index < -0.39 is 0 Å². The van der Waals surface area contributed by atoms with Crippen molar-refractivity contribution >= 4 is 11.3 Å². The van der Waals surface area contributed by atoms with E-state index in [1.807, 2.05) is 49.8 Å². The van der Waals surface area contributed by atoms with Gasteiger partial charge in [0.1, 0.15) is 0 Å². The Morgan fingerprint density at radius 1 is 1.29 bits per heavy atom. The van der Waals surface area contributed by atoms with Crippen LogP contribution in [-0.4, -0.2) is 14.5 Å². The van der Waals surface area contributed by atoms with Crippen molar-refractivity contribution in [3.63, 3.8) is 0 Å². The van der Waals surface area contributed by atoms with E-state index in [1.54, 1.807) is 11.3 Å². The number of nitrogens with two attached hydrogens (primary N) is 1. The minimum absolute atomic E-state index is 0.147. The molecule has 0 bridgehead atoms. The summed E-state index contributed by atoms with van der Waals surface area (Å²) in [5.74, 6) is 0. The molecular weight excluding hydrogens is 280 g/mol. The molecule has 1 unspecified atom stereocenters. The maximum Gasteiger partial charge on any atom is 0.0948 e. The third kappa shape index (κ3) is 3.20. The Labute approximate surface area is 128 Å². The summed E-state index contributed by atoms with van der Waals surface area (Å²) in [4.78, 5) is 8.75. The summed E-state index contributed by atoms with van der Waals surface area (Å²) in [5, 5.41) is 3.22. The number of thiazole rings is 1. The first-order chi connectivity index (χ1) is 10.2. The number of hydrogen-bond acceptors (Lipinski definition) is 4. The molecule has 0 amide bonds. The van der Waals surface area contributed by atoms with Gasteiger partial charge in [-0.25, -0.2) is 9.97 Å². The Hall–Kier alpha value is -1.98. The SMILES string of the molecule is Cc1nc(CCn2cncc2C(N)c2ccccc2)cs1. The number of aromatic nitrogens is 3. The number of benzene rings is 1. The van der Waals surface area contributed by atoms with Crippen molar-refractivity contribution in [2.75, 3.05) is 0 Å². The van der Waals surface area contributed by atoms with Crippen molar-refractivity contribution in [2.45, 2.75) is 25.9 Å². The van der Waals surface area contributed by atoms with Gasteiger partial charge in [-0.15, -0.1) is 11.3 Å². The van der Waals surface area contributed by atoms with Crippen LogP contribution in [0.15, 0.2) is 48.2 Å². The molecule has 2 aromatic heterocycles. The van der Waals surface area contributed by atoms with Crippen molar-refractivity contribution in [3.8, 4) is 0 Å². The van der Waals surface area contributed by atoms with Gasteiger partial charge in [0.05, 0.1) is 35.0 Å². The molecule has 108 valence electrons. The molecule has 3 rings (SSSR count). The summed E-state index contributed by atoms with van der Waals surface area (Å²) >= 11 is 1.69. The van der Waals surface area contributed by atoms with E-state index in [9.17, 15) is 0 Å². The van der Waals surface area contributed by atoms with E-state index in [0.717, 1.165) is 34.9 Å². The van der Waals surface area contributed by atoms with E-state index in [4.69, 9.17) is 5.73 Å². The summed E-state index contributed by atoms with van der Waals surface area (Å²) < 4.78 is 2.12. The predicted molar refractivity (Wildman–Crippen MR) is 85.3 cm³/mol. The van der Waals surface area contributed by atoms with Crippen LogP contribution in [0.1, 0.15) is 28.0 Å². The molecule has 1 atom stereocenters. The first-order valence-corrected chi connectivity index (χ1v) is 7.83. The van der Waals surface area contributed by atoms with Gasteiger partial charge in [0, 0.05) is 18.3 Å². The van der Waals surface area contributed by atoms with E-state index in [2.05, 4.69) is 19.9 Å². The molecule has 0 saturated heterocycles. The van der Waals surface area contributed by atoms with Gasteiger partial charge < -0.3 is 10.3 Å². The lowest BCUT2D eigenvalue weighted by Gasteiger charge is -2.14. The van der Waals surface area contributed by atoms with E-state index in [0.29, 0.717) is 0 Å². The maximum absolute atomic E-state index is 6.36. The van der Waals surface area contributed by atoms with Gasteiger partial charge in [0.15, 0.2) is 0 Å². The molecule has 0 spiro atoms. The summed E-state index contributed by atoms with van der Waals surface area (Å²) in [5.41, 5.74) is 9.63. The van der Waals surface area contributed by atoms with Crippen molar-refractivity contribution in [3.05, 3.63) is 70.2 Å². The van der Waals surface area contributed by atoms with Gasteiger partial charge in [-0.1, -0.05) is 30.3 Å². The topological polar surface area (TPSA) is 56.7 Å². The van der Waals surface area contributed by atoms with Gasteiger partial charge >= 0.3 is 0 Å². The molecule has 0 saturated carbocycles. The predicted octanol–water partition coefficient (Wildman–Crippen LogP) is 2.94. The van der Waals surface area contributed by atoms with Crippen LogP contribution in [0, 0.1) is 6.92 Å². The van der Waals surface area contributed by atoms with Crippen molar-refractivity contribution < 1.29 is 0 Å². The van der Waals surface area contributed by atoms with E-state index >= 15 is 0 Å². The Kier molecular flexibility index (Phi) is 4.13. The van der Waals surface area contributed by atoms with Crippen molar-refractivity contribution in [1.29, 1.82) is 0 Å². The average Bonchev–Trinajstić information content (AvgIpc) is 3.14. The number of imidazole rings is 1. The number of hydrogen-bond donors (Lipinski definition) is 1. The molecule has 0 aliphatic heterocycles. The first kappa shape index (κ1) is 14.0. The lowest BCUT2D eigenvalue weighted by molar-refractivity contribution is 0.631. The third-order valence-electron chi connectivity index (χ3n) is 3.50. The molecule has 2 heterocycles. The molecule has 4 nitrogen and oxygen atoms in total. The fourth-order valence-electron chi connectivity index (χ4n) is 2.37. The summed E-state index contributed by atoms with van der Waals surface area (Å²) in [6, 6.07) is 9.96. The molecule has 3 aromatic rings. The maximum atomic E-state index is 6.36. The van der Waals surface area contributed by atoms with Crippen LogP contribution in [-0.2, 0) is 13.0 Å². The van der Waals surface area contributed by atoms with Crippen LogP contribution < -0.4 is 5.73 Å². The normalized spacial score (nSPS) is 12.5. The zero-order chi connectivity index (χ0) is 14.7. The number of rotatable bonds is 5. The zero-order valence-electron chi connectivity index (χ0n) is 11.9. The quantitative estimate of drug-likeness (QED) is 0.788. The highest BCUT2D eigenvalue weighted by molar-refractivity contribution is 7.09. The summed E-state index contributed by atoms with van der Waals surface area (Å²) in [6.45, 7) is 2.88. The Balaban J connectivity index is 1.74. The van der Waals surface area contributed by atoms with Crippen molar-refractivity contribution in [2.24, 2.45) is 5.73 Å². The molecule has 5 heteroatoms. The molecule has 0 aliphatic carbocycles. The molecule has 0 fully saturated rings. The van der Waals surface area contributed by atoms with Crippen LogP contribution in [0.4, 0.5) is 0 Å². The fourth-order valence-corrected chi connectivity index (χ4v) is 3.01. The third-order valence-corrected chi connectivity index (χ3v) is 4.32. The van der Waals surface area contributed by atoms with Gasteiger partial charge in [-0.3, -0.25) is 0 Å². The minimum atomic E-state index is -0.147. The molecular formula is C16H18N4S. The largest absolute Gasteiger partial charge is 0.333 e. The molecule has 2 N–H and O–H groups in total. The Bertz CT molecular complexity index is 702. The van der Waals surface area contributed by atoms with Crippen LogP contribution in [0.3, 0.4) is 0 Å². The summed E-state index contributed by atoms with van der Waals surface area (Å²) in [7, 11) is 0. The number of aryl methyl sites for hydroxylation is 3. The molecule has 0 aliphatic rings. The zero-order valence-corrected chi connectivity index (χ0v) is 12.8. The second-order valence-corrected chi connectivity index (χ2v) is 6.07. The van der Waals surface area contributed by atoms with Gasteiger partial charge in [-0.05, 0) is 12.5 Å². The van der Waals surface area contributed by atoms with Gasteiger partial charge in [0.2, 0.25) is 0 Å². The van der Waals surface area contributed by atoms with Gasteiger partial charge in [-0.2, -0.15) is 0 Å². The smallest absolute Gasteiger partial charge is 0.0948 e. The van der Waals surface area contributed by atoms with Crippen LogP contribution in [0.25, 0.3) is 0 Å². The van der Waals surface area contributed by atoms with E-state index in [-0.39, 0.29) is 6.04 Å². The van der Waals surface area contributed by atoms with Crippen molar-refractivity contribution in [1.82, 2.24) is 14.5 Å². The molecule has 0 radical (unpaired) electrons. The number of nitrogens with zero attached hydrogens (tertiary/aromatic N) is 3. The van der Waals surface area contributed by atoms with Crippen LogP contribution in [0.5, 0.6) is 0 Å². The standard InChI is InChI=1S/C16H18N4S/c1-12-19-14(10-21-12)7-8-20-11-18-9-15(20)16(17)13-5-3-2-4-6-13/h2-6,9-11,16H,7-8,17H2,1H3. The second kappa shape index (κ2) is 6.20. The van der Waals surface area contributed by atoms with Gasteiger partial charge in [0.25, 0.3) is 0 Å². The lowest BCUT2D eigenvalue weighted by atomic mass is 10.1. The lowest BCUT2D eigenvalue weighted by Crippen LogP contribution is -2.17.